The van der Waals surface area contributed by atoms with Crippen LogP contribution >= 0.6 is 0 Å². The van der Waals surface area contributed by atoms with Gasteiger partial charge in [-0.15, -0.1) is 0 Å². The molecule has 1 aromatic rings. The van der Waals surface area contributed by atoms with Crippen molar-refractivity contribution in [1.82, 2.24) is 0 Å². The lowest BCUT2D eigenvalue weighted by molar-refractivity contribution is -0.166. The van der Waals surface area contributed by atoms with E-state index in [9.17, 15) is 22.4 Å². The minimum absolute atomic E-state index is 0.310. The van der Waals surface area contributed by atoms with E-state index in [0.717, 1.165) is 5.56 Å². The lowest BCUT2D eigenvalue weighted by Gasteiger charge is -2.13. The largest absolute Gasteiger partial charge is 0.364 e. The Labute approximate surface area is 90.1 Å². The van der Waals surface area contributed by atoms with E-state index in [0.29, 0.717) is 5.56 Å². The molecule has 1 nitrogen and oxygen atoms in total. The smallest absolute Gasteiger partial charge is 0.292 e. The Hall–Kier alpha value is -1.39. The molecule has 0 N–H and O–H groups in total. The zero-order valence-electron chi connectivity index (χ0n) is 8.51. The Bertz CT molecular complexity index is 387. The van der Waals surface area contributed by atoms with Gasteiger partial charge < -0.3 is 0 Å². The maximum Gasteiger partial charge on any atom is 0.364 e. The molecule has 0 aliphatic carbocycles. The monoisotopic (exact) mass is 234 g/mol. The fourth-order valence-corrected chi connectivity index (χ4v) is 1.25. The maximum absolute atomic E-state index is 12.6. The molecule has 1 rings (SSSR count). The van der Waals surface area contributed by atoms with E-state index in [-0.39, 0.29) is 0 Å². The van der Waals surface area contributed by atoms with E-state index in [1.165, 1.54) is 12.1 Å². The van der Waals surface area contributed by atoms with Crippen molar-refractivity contribution in [2.75, 3.05) is 0 Å². The molecule has 0 saturated heterocycles. The van der Waals surface area contributed by atoms with Gasteiger partial charge in [-0.2, -0.15) is 8.78 Å². The van der Waals surface area contributed by atoms with Crippen LogP contribution in [0.5, 0.6) is 0 Å². The third-order valence-corrected chi connectivity index (χ3v) is 2.09. The number of aryl methyl sites for hydroxylation is 1. The maximum atomic E-state index is 12.6. The Kier molecular flexibility index (Phi) is 3.67. The first-order chi connectivity index (χ1) is 7.34. The molecular weight excluding hydrogens is 224 g/mol. The molecule has 0 aromatic heterocycles. The molecule has 0 amide bonds. The molecule has 0 atom stereocenters. The molecular formula is C11H10F4O. The van der Waals surface area contributed by atoms with Crippen LogP contribution in [0.15, 0.2) is 24.3 Å². The van der Waals surface area contributed by atoms with E-state index in [4.69, 9.17) is 0 Å². The van der Waals surface area contributed by atoms with Crippen molar-refractivity contribution in [2.24, 2.45) is 0 Å². The lowest BCUT2D eigenvalue weighted by atomic mass is 10.0. The second-order valence-corrected chi connectivity index (χ2v) is 3.51. The van der Waals surface area contributed by atoms with Crippen molar-refractivity contribution in [3.63, 3.8) is 0 Å². The zero-order valence-corrected chi connectivity index (χ0v) is 8.51. The normalized spacial score (nSPS) is 11.9. The summed E-state index contributed by atoms with van der Waals surface area (Å²) in [7, 11) is 0. The molecule has 0 radical (unpaired) electrons. The number of alkyl halides is 4. The van der Waals surface area contributed by atoms with E-state index in [2.05, 4.69) is 0 Å². The Morgan fingerprint density at radius 2 is 2.00 bits per heavy atom. The summed E-state index contributed by atoms with van der Waals surface area (Å²) >= 11 is 0. The van der Waals surface area contributed by atoms with E-state index in [1.807, 2.05) is 0 Å². The first-order valence-electron chi connectivity index (χ1n) is 4.59. The van der Waals surface area contributed by atoms with Gasteiger partial charge in [0.15, 0.2) is 0 Å². The molecule has 88 valence electrons. The standard InChI is InChI=1S/C11H10F4O/c1-7-3-2-4-8(5-7)6-9(16)11(14,15)10(12)13/h2-5,10H,6H2,1H3. The van der Waals surface area contributed by atoms with Gasteiger partial charge in [-0.3, -0.25) is 4.79 Å². The van der Waals surface area contributed by atoms with E-state index in [1.54, 1.807) is 19.1 Å². The van der Waals surface area contributed by atoms with Crippen molar-refractivity contribution in [3.8, 4) is 0 Å². The van der Waals surface area contributed by atoms with Crippen LogP contribution in [0.4, 0.5) is 17.6 Å². The first kappa shape index (κ1) is 12.7. The minimum atomic E-state index is -4.57. The number of hydrogen-bond donors (Lipinski definition) is 0. The van der Waals surface area contributed by atoms with Crippen LogP contribution in [0.3, 0.4) is 0 Å². The number of Topliss-reactive ketones (excluding diaryl/α,β-unsaturated/α-hetero) is 1. The molecule has 0 aliphatic rings. The first-order valence-corrected chi connectivity index (χ1v) is 4.59. The van der Waals surface area contributed by atoms with Gasteiger partial charge in [-0.25, -0.2) is 8.78 Å². The van der Waals surface area contributed by atoms with Gasteiger partial charge >= 0.3 is 12.3 Å². The van der Waals surface area contributed by atoms with E-state index >= 15 is 0 Å². The van der Waals surface area contributed by atoms with Crippen LogP contribution < -0.4 is 0 Å². The highest BCUT2D eigenvalue weighted by Gasteiger charge is 2.47. The van der Waals surface area contributed by atoms with Crippen molar-refractivity contribution in [3.05, 3.63) is 35.4 Å². The molecule has 0 saturated carbocycles. The van der Waals surface area contributed by atoms with Crippen LogP contribution in [0.25, 0.3) is 0 Å². The Morgan fingerprint density at radius 1 is 1.38 bits per heavy atom. The fourth-order valence-electron chi connectivity index (χ4n) is 1.25. The number of carbonyl (C=O) groups is 1. The average molecular weight is 234 g/mol. The molecule has 0 unspecified atom stereocenters. The van der Waals surface area contributed by atoms with Gasteiger partial charge in [0.1, 0.15) is 0 Å². The Balaban J connectivity index is 2.79. The highest BCUT2D eigenvalue weighted by Crippen LogP contribution is 2.25. The van der Waals surface area contributed by atoms with Crippen molar-refractivity contribution in [1.29, 1.82) is 0 Å². The van der Waals surface area contributed by atoms with Gasteiger partial charge in [0.2, 0.25) is 5.78 Å². The van der Waals surface area contributed by atoms with Crippen molar-refractivity contribution >= 4 is 5.78 Å². The van der Waals surface area contributed by atoms with Crippen LogP contribution in [0.1, 0.15) is 11.1 Å². The quantitative estimate of drug-likeness (QED) is 0.732. The molecule has 0 bridgehead atoms. The predicted molar refractivity (Wildman–Crippen MR) is 50.8 cm³/mol. The molecule has 5 heteroatoms. The summed E-state index contributed by atoms with van der Waals surface area (Å²) in [4.78, 5) is 11.0. The SMILES string of the molecule is Cc1cccc(CC(=O)C(F)(F)C(F)F)c1. The van der Waals surface area contributed by atoms with Crippen LogP contribution in [-0.4, -0.2) is 18.1 Å². The van der Waals surface area contributed by atoms with Gasteiger partial charge in [-0.1, -0.05) is 29.8 Å². The Morgan fingerprint density at radius 3 is 2.50 bits per heavy atom. The molecule has 16 heavy (non-hydrogen) atoms. The number of hydrogen-bond acceptors (Lipinski definition) is 1. The predicted octanol–water partition coefficient (Wildman–Crippen LogP) is 3.01. The van der Waals surface area contributed by atoms with Gasteiger partial charge in [-0.05, 0) is 12.5 Å². The number of carbonyl (C=O) groups excluding carboxylic acids is 1. The van der Waals surface area contributed by atoms with Gasteiger partial charge in [0.05, 0.1) is 0 Å². The number of benzene rings is 1. The minimum Gasteiger partial charge on any atom is -0.292 e. The molecule has 0 aliphatic heterocycles. The summed E-state index contributed by atoms with van der Waals surface area (Å²) < 4.78 is 49.0. The average Bonchev–Trinajstić information content (AvgIpc) is 2.17. The summed E-state index contributed by atoms with van der Waals surface area (Å²) in [5, 5.41) is 0. The zero-order chi connectivity index (χ0) is 12.3. The van der Waals surface area contributed by atoms with Crippen molar-refractivity contribution in [2.45, 2.75) is 25.7 Å². The summed E-state index contributed by atoms with van der Waals surface area (Å²) in [6, 6.07) is 6.27. The number of ketones is 1. The lowest BCUT2D eigenvalue weighted by Crippen LogP contribution is -2.37. The van der Waals surface area contributed by atoms with E-state index < -0.39 is 24.6 Å². The summed E-state index contributed by atoms with van der Waals surface area (Å²) in [6.45, 7) is 1.72. The number of halogens is 4. The van der Waals surface area contributed by atoms with Gasteiger partial charge in [0.25, 0.3) is 0 Å². The highest BCUT2D eigenvalue weighted by atomic mass is 19.3. The summed E-state index contributed by atoms with van der Waals surface area (Å²) in [5.74, 6) is -6.32. The second-order valence-electron chi connectivity index (χ2n) is 3.51. The summed E-state index contributed by atoms with van der Waals surface area (Å²) in [6.07, 6.45) is -4.64. The molecule has 0 spiro atoms. The highest BCUT2D eigenvalue weighted by molar-refractivity contribution is 5.88. The topological polar surface area (TPSA) is 17.1 Å². The third-order valence-electron chi connectivity index (χ3n) is 2.09. The van der Waals surface area contributed by atoms with Crippen LogP contribution in [0.2, 0.25) is 0 Å². The fraction of sp³-hybridized carbons (Fsp3) is 0.364. The molecule has 1 aromatic carbocycles. The van der Waals surface area contributed by atoms with Gasteiger partial charge in [0, 0.05) is 6.42 Å². The van der Waals surface area contributed by atoms with Crippen LogP contribution in [0, 0.1) is 6.92 Å². The summed E-state index contributed by atoms with van der Waals surface area (Å²) in [5.41, 5.74) is 1.09. The molecule has 0 fully saturated rings. The van der Waals surface area contributed by atoms with Crippen molar-refractivity contribution < 1.29 is 22.4 Å². The third kappa shape index (κ3) is 2.81. The van der Waals surface area contributed by atoms with Crippen LogP contribution in [-0.2, 0) is 11.2 Å². The molecule has 0 heterocycles. The number of rotatable bonds is 4. The second kappa shape index (κ2) is 4.63.